The van der Waals surface area contributed by atoms with Crippen molar-refractivity contribution in [1.82, 2.24) is 4.57 Å². The zero-order chi connectivity index (χ0) is 15.8. The Morgan fingerprint density at radius 2 is 2.05 bits per heavy atom. The number of rotatable bonds is 5. The Labute approximate surface area is 142 Å². The first-order valence-electron chi connectivity index (χ1n) is 6.17. The van der Waals surface area contributed by atoms with Gasteiger partial charge in [-0.3, -0.25) is 4.79 Å². The average Bonchev–Trinajstić information content (AvgIpc) is 3.08. The molecule has 0 spiro atoms. The third-order valence-electron chi connectivity index (χ3n) is 3.51. The Bertz CT molecular complexity index is 576. The van der Waals surface area contributed by atoms with Crippen LogP contribution in [0, 0.1) is 0 Å². The monoisotopic (exact) mass is 369 g/mol. The van der Waals surface area contributed by atoms with Crippen LogP contribution in [0.1, 0.15) is 33.7 Å². The van der Waals surface area contributed by atoms with Gasteiger partial charge in [0.25, 0.3) is 3.79 Å². The SMILES string of the molecule is COC(=O)c1cc(C(=O)C(Cl)(Cl)Cl)cn1CC1(SC)CC1. The zero-order valence-corrected chi connectivity index (χ0v) is 14.6. The number of ketones is 1. The number of halogens is 3. The molecule has 116 valence electrons. The molecule has 0 radical (unpaired) electrons. The second kappa shape index (κ2) is 6.03. The quantitative estimate of drug-likeness (QED) is 0.450. The van der Waals surface area contributed by atoms with E-state index in [1.165, 1.54) is 13.2 Å². The molecule has 4 nitrogen and oxygen atoms in total. The maximum atomic E-state index is 12.0. The van der Waals surface area contributed by atoms with Crippen molar-refractivity contribution in [3.05, 3.63) is 23.5 Å². The van der Waals surface area contributed by atoms with Crippen LogP contribution in [0.15, 0.2) is 12.3 Å². The molecule has 0 unspecified atom stereocenters. The van der Waals surface area contributed by atoms with Gasteiger partial charge >= 0.3 is 5.97 Å². The van der Waals surface area contributed by atoms with Crippen molar-refractivity contribution >= 4 is 58.3 Å². The molecule has 1 aliphatic carbocycles. The first-order chi connectivity index (χ1) is 9.72. The van der Waals surface area contributed by atoms with Gasteiger partial charge in [0.15, 0.2) is 0 Å². The summed E-state index contributed by atoms with van der Waals surface area (Å²) < 4.78 is 4.52. The molecule has 1 fully saturated rings. The standard InChI is InChI=1S/C13H14Cl3NO3S/c1-20-11(19)9-5-8(10(18)13(14,15)16)6-17(9)7-12(21-2)3-4-12/h5-6H,3-4,7H2,1-2H3. The van der Waals surface area contributed by atoms with Crippen LogP contribution in [0.2, 0.25) is 0 Å². The fourth-order valence-corrected chi connectivity index (χ4v) is 3.19. The van der Waals surface area contributed by atoms with E-state index in [4.69, 9.17) is 39.5 Å². The highest BCUT2D eigenvalue weighted by atomic mass is 35.6. The minimum atomic E-state index is -2.05. The number of nitrogens with zero attached hydrogens (tertiary/aromatic N) is 1. The highest BCUT2D eigenvalue weighted by Gasteiger charge is 2.43. The maximum absolute atomic E-state index is 12.0. The summed E-state index contributed by atoms with van der Waals surface area (Å²) in [6, 6.07) is 1.41. The Morgan fingerprint density at radius 3 is 2.48 bits per heavy atom. The zero-order valence-electron chi connectivity index (χ0n) is 11.5. The molecule has 2 rings (SSSR count). The summed E-state index contributed by atoms with van der Waals surface area (Å²) >= 11 is 18.6. The number of carbonyl (C=O) groups excluding carboxylic acids is 2. The minimum Gasteiger partial charge on any atom is -0.464 e. The van der Waals surface area contributed by atoms with Gasteiger partial charge in [0.1, 0.15) is 5.69 Å². The van der Waals surface area contributed by atoms with Crippen LogP contribution >= 0.6 is 46.6 Å². The average molecular weight is 371 g/mol. The number of hydrogen-bond acceptors (Lipinski definition) is 4. The maximum Gasteiger partial charge on any atom is 0.354 e. The van der Waals surface area contributed by atoms with E-state index < -0.39 is 15.5 Å². The number of aromatic nitrogens is 1. The Balaban J connectivity index is 2.36. The van der Waals surface area contributed by atoms with Gasteiger partial charge < -0.3 is 9.30 Å². The number of methoxy groups -OCH3 is 1. The molecule has 1 aromatic rings. The second-order valence-electron chi connectivity index (χ2n) is 4.95. The van der Waals surface area contributed by atoms with Crippen LogP contribution < -0.4 is 0 Å². The number of esters is 1. The molecule has 0 amide bonds. The first-order valence-corrected chi connectivity index (χ1v) is 8.53. The lowest BCUT2D eigenvalue weighted by atomic mass is 10.2. The summed E-state index contributed by atoms with van der Waals surface area (Å²) in [4.78, 5) is 23.9. The largest absolute Gasteiger partial charge is 0.464 e. The summed E-state index contributed by atoms with van der Waals surface area (Å²) in [5, 5.41) is 0. The van der Waals surface area contributed by atoms with E-state index in [-0.39, 0.29) is 16.0 Å². The van der Waals surface area contributed by atoms with Crippen LogP contribution in [-0.4, -0.2) is 38.2 Å². The normalized spacial score (nSPS) is 16.6. The van der Waals surface area contributed by atoms with Crippen molar-refractivity contribution in [3.8, 4) is 0 Å². The van der Waals surface area contributed by atoms with Gasteiger partial charge in [0, 0.05) is 23.1 Å². The summed E-state index contributed by atoms with van der Waals surface area (Å²) in [5.74, 6) is -1.18. The van der Waals surface area contributed by atoms with Gasteiger partial charge in [0.05, 0.1) is 7.11 Å². The molecule has 1 heterocycles. The van der Waals surface area contributed by atoms with Gasteiger partial charge in [-0.2, -0.15) is 11.8 Å². The van der Waals surface area contributed by atoms with E-state index in [2.05, 4.69) is 0 Å². The molecule has 0 aromatic carbocycles. The number of Topliss-reactive ketones (excluding diaryl/α,β-unsaturated/α-hetero) is 1. The second-order valence-corrected chi connectivity index (χ2v) is 8.50. The van der Waals surface area contributed by atoms with Gasteiger partial charge in [0.2, 0.25) is 5.78 Å². The molecule has 0 N–H and O–H groups in total. The lowest BCUT2D eigenvalue weighted by Gasteiger charge is -2.15. The fraction of sp³-hybridized carbons (Fsp3) is 0.538. The van der Waals surface area contributed by atoms with Crippen LogP contribution in [0.25, 0.3) is 0 Å². The fourth-order valence-electron chi connectivity index (χ4n) is 2.08. The van der Waals surface area contributed by atoms with Crippen LogP contribution in [0.5, 0.6) is 0 Å². The lowest BCUT2D eigenvalue weighted by molar-refractivity contribution is 0.0588. The van der Waals surface area contributed by atoms with E-state index >= 15 is 0 Å². The van der Waals surface area contributed by atoms with Crippen LogP contribution in [0.3, 0.4) is 0 Å². The predicted molar refractivity (Wildman–Crippen MR) is 85.9 cm³/mol. The predicted octanol–water partition coefficient (Wildman–Crippen LogP) is 3.72. The number of alkyl halides is 3. The molecule has 1 aromatic heterocycles. The summed E-state index contributed by atoms with van der Waals surface area (Å²) in [5.41, 5.74) is 0.475. The molecule has 0 aliphatic heterocycles. The van der Waals surface area contributed by atoms with E-state index in [1.54, 1.807) is 22.5 Å². The number of hydrogen-bond donors (Lipinski definition) is 0. The molecule has 1 saturated carbocycles. The van der Waals surface area contributed by atoms with Gasteiger partial charge in [-0.05, 0) is 25.2 Å². The molecule has 0 bridgehead atoms. The Kier molecular flexibility index (Phi) is 4.88. The van der Waals surface area contributed by atoms with Gasteiger partial charge in [-0.1, -0.05) is 34.8 Å². The Morgan fingerprint density at radius 1 is 1.43 bits per heavy atom. The van der Waals surface area contributed by atoms with Gasteiger partial charge in [-0.25, -0.2) is 4.79 Å². The van der Waals surface area contributed by atoms with Crippen molar-refractivity contribution < 1.29 is 14.3 Å². The molecule has 0 atom stereocenters. The summed E-state index contributed by atoms with van der Waals surface area (Å²) in [6.07, 6.45) is 5.72. The smallest absolute Gasteiger partial charge is 0.354 e. The molecular weight excluding hydrogens is 357 g/mol. The Hall–Kier alpha value is -0.360. The lowest BCUT2D eigenvalue weighted by Crippen LogP contribution is -2.19. The highest BCUT2D eigenvalue weighted by Crippen LogP contribution is 2.48. The first kappa shape index (κ1) is 17.0. The summed E-state index contributed by atoms with van der Waals surface area (Å²) in [7, 11) is 1.29. The molecule has 0 saturated heterocycles. The third kappa shape index (κ3) is 3.70. The molecule has 21 heavy (non-hydrogen) atoms. The summed E-state index contributed by atoms with van der Waals surface area (Å²) in [6.45, 7) is 0.617. The minimum absolute atomic E-state index is 0.113. The van der Waals surface area contributed by atoms with Gasteiger partial charge in [-0.15, -0.1) is 0 Å². The molecule has 8 heteroatoms. The number of carbonyl (C=O) groups is 2. The van der Waals surface area contributed by atoms with Crippen molar-refractivity contribution in [2.24, 2.45) is 0 Å². The van der Waals surface area contributed by atoms with E-state index in [9.17, 15) is 9.59 Å². The van der Waals surface area contributed by atoms with E-state index in [0.29, 0.717) is 6.54 Å². The van der Waals surface area contributed by atoms with Crippen molar-refractivity contribution in [3.63, 3.8) is 0 Å². The van der Waals surface area contributed by atoms with E-state index in [1.807, 2.05) is 6.26 Å². The van der Waals surface area contributed by atoms with Crippen LogP contribution in [0.4, 0.5) is 0 Å². The molecule has 1 aliphatic rings. The number of thioether (sulfide) groups is 1. The van der Waals surface area contributed by atoms with Crippen LogP contribution in [-0.2, 0) is 11.3 Å². The topological polar surface area (TPSA) is 48.3 Å². The third-order valence-corrected chi connectivity index (χ3v) is 5.43. The number of ether oxygens (including phenoxy) is 1. The van der Waals surface area contributed by atoms with E-state index in [0.717, 1.165) is 12.8 Å². The van der Waals surface area contributed by atoms with Crippen molar-refractivity contribution in [1.29, 1.82) is 0 Å². The highest BCUT2D eigenvalue weighted by molar-refractivity contribution is 8.00. The molecular formula is C13H14Cl3NO3S. The van der Waals surface area contributed by atoms with Crippen molar-refractivity contribution in [2.45, 2.75) is 27.9 Å². The van der Waals surface area contributed by atoms with Crippen molar-refractivity contribution in [2.75, 3.05) is 13.4 Å².